The summed E-state index contributed by atoms with van der Waals surface area (Å²) in [5, 5.41) is -2.31. The Morgan fingerprint density at radius 1 is 1.04 bits per heavy atom. The zero-order valence-electron chi connectivity index (χ0n) is 14.9. The lowest BCUT2D eigenvalue weighted by atomic mass is 9.91. The molecule has 1 unspecified atom stereocenters. The largest absolute Gasteiger partial charge is 0.287 e. The lowest BCUT2D eigenvalue weighted by Crippen LogP contribution is -2.62. The van der Waals surface area contributed by atoms with Gasteiger partial charge in [0.05, 0.1) is 0 Å². The molecule has 0 saturated heterocycles. The highest BCUT2D eigenvalue weighted by atomic mass is 32.2. The van der Waals surface area contributed by atoms with Crippen LogP contribution in [0.15, 0.2) is 30.3 Å². The van der Waals surface area contributed by atoms with Crippen molar-refractivity contribution >= 4 is 20.1 Å². The van der Waals surface area contributed by atoms with Crippen LogP contribution in [0, 0.1) is 0 Å². The van der Waals surface area contributed by atoms with Crippen molar-refractivity contribution in [2.75, 3.05) is 0 Å². The third-order valence-electron chi connectivity index (χ3n) is 4.71. The molecule has 26 heavy (non-hydrogen) atoms. The summed E-state index contributed by atoms with van der Waals surface area (Å²) in [5.74, 6) is -4.19. The second-order valence-corrected chi connectivity index (χ2v) is 9.73. The molecule has 0 saturated carbocycles. The lowest BCUT2D eigenvalue weighted by Gasteiger charge is -2.40. The number of alkyl halides is 2. The number of sulfonamides is 1. The summed E-state index contributed by atoms with van der Waals surface area (Å²) in [6.45, 7) is 3.40. The van der Waals surface area contributed by atoms with E-state index in [2.05, 4.69) is 4.72 Å². The molecule has 0 bridgehead atoms. The molecule has 0 radical (unpaired) electrons. The van der Waals surface area contributed by atoms with Crippen molar-refractivity contribution in [3.05, 3.63) is 35.9 Å². The number of hydrogen-bond donors (Lipinski definition) is 2. The SMILES string of the molecule is CCC(C(F)(F)C(CC)(CC)S(=O)(=O)O)S(=O)(=O)NCc1ccccc1. The van der Waals surface area contributed by atoms with Gasteiger partial charge >= 0.3 is 0 Å². The van der Waals surface area contributed by atoms with Gasteiger partial charge in [-0.2, -0.15) is 8.42 Å². The van der Waals surface area contributed by atoms with Crippen molar-refractivity contribution in [1.29, 1.82) is 0 Å². The van der Waals surface area contributed by atoms with Crippen LogP contribution < -0.4 is 4.72 Å². The van der Waals surface area contributed by atoms with Crippen molar-refractivity contribution in [2.24, 2.45) is 0 Å². The Balaban J connectivity index is 3.29. The molecule has 0 aromatic heterocycles. The van der Waals surface area contributed by atoms with E-state index in [-0.39, 0.29) is 6.54 Å². The molecule has 0 amide bonds. The second-order valence-electron chi connectivity index (χ2n) is 6.05. The van der Waals surface area contributed by atoms with Crippen molar-refractivity contribution < 1.29 is 30.2 Å². The van der Waals surface area contributed by atoms with E-state index in [9.17, 15) is 21.4 Å². The summed E-state index contributed by atoms with van der Waals surface area (Å²) in [5.41, 5.74) is 0.571. The minimum absolute atomic E-state index is 0.202. The van der Waals surface area contributed by atoms with Crippen molar-refractivity contribution in [1.82, 2.24) is 4.72 Å². The highest BCUT2D eigenvalue weighted by Crippen LogP contribution is 2.45. The fourth-order valence-electron chi connectivity index (χ4n) is 3.10. The first-order valence-electron chi connectivity index (χ1n) is 8.26. The van der Waals surface area contributed by atoms with E-state index in [0.29, 0.717) is 5.56 Å². The number of halogens is 2. The summed E-state index contributed by atoms with van der Waals surface area (Å²) in [6.07, 6.45) is -1.77. The van der Waals surface area contributed by atoms with Crippen LogP contribution in [0.25, 0.3) is 0 Å². The number of rotatable bonds is 10. The van der Waals surface area contributed by atoms with Gasteiger partial charge in [-0.3, -0.25) is 4.55 Å². The third kappa shape index (κ3) is 4.24. The normalized spacial score (nSPS) is 15.0. The molecule has 1 atom stereocenters. The Hall–Kier alpha value is -1.10. The molecular weight excluding hydrogens is 388 g/mol. The van der Waals surface area contributed by atoms with E-state index >= 15 is 8.78 Å². The van der Waals surface area contributed by atoms with Gasteiger partial charge in [0.1, 0.15) is 5.25 Å². The van der Waals surface area contributed by atoms with Crippen molar-refractivity contribution in [3.8, 4) is 0 Å². The second kappa shape index (κ2) is 8.28. The summed E-state index contributed by atoms with van der Waals surface area (Å²) >= 11 is 0. The van der Waals surface area contributed by atoms with Gasteiger partial charge in [0, 0.05) is 6.54 Å². The third-order valence-corrected chi connectivity index (χ3v) is 8.48. The number of benzene rings is 1. The fraction of sp³-hybridized carbons (Fsp3) is 0.625. The Kier molecular flexibility index (Phi) is 7.31. The average molecular weight is 414 g/mol. The van der Waals surface area contributed by atoms with Gasteiger partial charge in [-0.15, -0.1) is 0 Å². The maximum absolute atomic E-state index is 15.2. The molecule has 0 fully saturated rings. The van der Waals surface area contributed by atoms with Crippen LogP contribution in [0.4, 0.5) is 8.78 Å². The molecule has 0 spiro atoms. The van der Waals surface area contributed by atoms with Crippen LogP contribution in [0.1, 0.15) is 45.6 Å². The van der Waals surface area contributed by atoms with E-state index in [4.69, 9.17) is 0 Å². The van der Waals surface area contributed by atoms with Crippen LogP contribution in [-0.2, 0) is 26.7 Å². The lowest BCUT2D eigenvalue weighted by molar-refractivity contribution is -0.0530. The van der Waals surface area contributed by atoms with Gasteiger partial charge in [0.25, 0.3) is 16.0 Å². The van der Waals surface area contributed by atoms with Gasteiger partial charge in [-0.25, -0.2) is 21.9 Å². The predicted molar refractivity (Wildman–Crippen MR) is 96.1 cm³/mol. The smallest absolute Gasteiger partial charge is 0.285 e. The van der Waals surface area contributed by atoms with Crippen LogP contribution in [0.5, 0.6) is 0 Å². The summed E-state index contributed by atoms with van der Waals surface area (Å²) in [4.78, 5) is 0. The van der Waals surface area contributed by atoms with Crippen LogP contribution in [0.3, 0.4) is 0 Å². The Bertz CT molecular complexity index is 791. The molecule has 1 rings (SSSR count). The maximum atomic E-state index is 15.2. The fourth-order valence-corrected chi connectivity index (χ4v) is 6.02. The van der Waals surface area contributed by atoms with Crippen LogP contribution in [0.2, 0.25) is 0 Å². The topological polar surface area (TPSA) is 101 Å². The van der Waals surface area contributed by atoms with E-state index in [0.717, 1.165) is 0 Å². The summed E-state index contributed by atoms with van der Waals surface area (Å²) < 4.78 is 87.6. The molecule has 0 heterocycles. The monoisotopic (exact) mass is 413 g/mol. The molecule has 0 aliphatic carbocycles. The van der Waals surface area contributed by atoms with E-state index < -0.39 is 55.3 Å². The highest BCUT2D eigenvalue weighted by molar-refractivity contribution is 7.90. The summed E-state index contributed by atoms with van der Waals surface area (Å²) in [7, 11) is -9.78. The van der Waals surface area contributed by atoms with Crippen molar-refractivity contribution in [3.63, 3.8) is 0 Å². The van der Waals surface area contributed by atoms with Crippen molar-refractivity contribution in [2.45, 2.75) is 62.5 Å². The molecule has 0 aliphatic rings. The number of nitrogens with one attached hydrogen (secondary N) is 1. The van der Waals surface area contributed by atoms with Gasteiger partial charge in [-0.05, 0) is 24.8 Å². The first-order chi connectivity index (χ1) is 11.9. The molecule has 0 aliphatic heterocycles. The molecule has 1 aromatic rings. The quantitative estimate of drug-likeness (QED) is 0.575. The van der Waals surface area contributed by atoms with Gasteiger partial charge < -0.3 is 0 Å². The average Bonchev–Trinajstić information content (AvgIpc) is 2.54. The molecule has 1 aromatic carbocycles. The molecule has 150 valence electrons. The highest BCUT2D eigenvalue weighted by Gasteiger charge is 2.66. The Labute approximate surface area is 153 Å². The van der Waals surface area contributed by atoms with E-state index in [1.54, 1.807) is 30.3 Å². The van der Waals surface area contributed by atoms with E-state index in [1.807, 2.05) is 0 Å². The Morgan fingerprint density at radius 3 is 1.92 bits per heavy atom. The maximum Gasteiger partial charge on any atom is 0.287 e. The Morgan fingerprint density at radius 2 is 1.54 bits per heavy atom. The van der Waals surface area contributed by atoms with Gasteiger partial charge in [0.15, 0.2) is 4.75 Å². The molecule has 10 heteroatoms. The standard InChI is InChI=1S/C16H25F2NO5S2/c1-4-14(16(17,18)15(5-2,6-3)26(22,23)24)25(20,21)19-12-13-10-8-7-9-11-13/h7-11,14,19H,4-6,12H2,1-3H3,(H,22,23,24). The minimum atomic E-state index is -5.21. The zero-order valence-corrected chi connectivity index (χ0v) is 16.6. The van der Waals surface area contributed by atoms with E-state index in [1.165, 1.54) is 20.8 Å². The molecule has 2 N–H and O–H groups in total. The number of hydrogen-bond acceptors (Lipinski definition) is 4. The summed E-state index contributed by atoms with van der Waals surface area (Å²) in [6, 6.07) is 8.33. The zero-order chi connectivity index (χ0) is 20.2. The van der Waals surface area contributed by atoms with Gasteiger partial charge in [-0.1, -0.05) is 51.1 Å². The first-order valence-corrected chi connectivity index (χ1v) is 11.3. The first kappa shape index (κ1) is 22.9. The van der Waals surface area contributed by atoms with Gasteiger partial charge in [0.2, 0.25) is 10.0 Å². The van der Waals surface area contributed by atoms with Crippen LogP contribution in [-0.4, -0.2) is 37.3 Å². The van der Waals surface area contributed by atoms with Crippen LogP contribution >= 0.6 is 0 Å². The molecule has 6 nitrogen and oxygen atoms in total. The minimum Gasteiger partial charge on any atom is -0.285 e. The molecular formula is C16H25F2NO5S2. The predicted octanol–water partition coefficient (Wildman–Crippen LogP) is 2.97.